The van der Waals surface area contributed by atoms with Crippen LogP contribution in [0.15, 0.2) is 65.4 Å². The Labute approximate surface area is 161 Å². The number of hydrogen-bond donors (Lipinski definition) is 0. The number of benzene rings is 2. The standard InChI is InChI=1S/C20H15Cl2NO3/c1-12-18(20(25)26-2)15(10-13-8-9-16(21)17(22)11-13)19(24)23(12)14-6-4-3-5-7-14/h3-11H,1-2H3/b15-10-. The summed E-state index contributed by atoms with van der Waals surface area (Å²) in [6, 6.07) is 14.1. The number of methoxy groups -OCH3 is 1. The van der Waals surface area contributed by atoms with Crippen molar-refractivity contribution in [1.82, 2.24) is 0 Å². The number of amides is 1. The zero-order chi connectivity index (χ0) is 18.8. The monoisotopic (exact) mass is 387 g/mol. The smallest absolute Gasteiger partial charge is 0.340 e. The van der Waals surface area contributed by atoms with Crippen LogP contribution in [0.25, 0.3) is 6.08 Å². The van der Waals surface area contributed by atoms with Crippen molar-refractivity contribution in [3.8, 4) is 0 Å². The summed E-state index contributed by atoms with van der Waals surface area (Å²) in [4.78, 5) is 26.9. The molecule has 0 aliphatic carbocycles. The minimum absolute atomic E-state index is 0.229. The van der Waals surface area contributed by atoms with Crippen molar-refractivity contribution < 1.29 is 14.3 Å². The zero-order valence-corrected chi connectivity index (χ0v) is 15.6. The molecule has 2 aromatic carbocycles. The van der Waals surface area contributed by atoms with E-state index < -0.39 is 5.97 Å². The molecule has 0 aromatic heterocycles. The van der Waals surface area contributed by atoms with Crippen molar-refractivity contribution >= 4 is 46.8 Å². The molecule has 26 heavy (non-hydrogen) atoms. The molecule has 0 bridgehead atoms. The van der Waals surface area contributed by atoms with Crippen LogP contribution in [0.1, 0.15) is 12.5 Å². The van der Waals surface area contributed by atoms with Gasteiger partial charge >= 0.3 is 5.97 Å². The molecule has 0 unspecified atom stereocenters. The van der Waals surface area contributed by atoms with Gasteiger partial charge in [-0.25, -0.2) is 4.79 Å². The summed E-state index contributed by atoms with van der Waals surface area (Å²) in [7, 11) is 1.29. The van der Waals surface area contributed by atoms with E-state index in [1.54, 1.807) is 43.3 Å². The molecule has 3 rings (SSSR count). The lowest BCUT2D eigenvalue weighted by Crippen LogP contribution is -2.24. The zero-order valence-electron chi connectivity index (χ0n) is 14.1. The van der Waals surface area contributed by atoms with Crippen LogP contribution in [-0.2, 0) is 14.3 Å². The van der Waals surface area contributed by atoms with Gasteiger partial charge in [-0.3, -0.25) is 9.69 Å². The van der Waals surface area contributed by atoms with Crippen molar-refractivity contribution in [3.05, 3.63) is 81.0 Å². The number of hydrogen-bond acceptors (Lipinski definition) is 3. The molecule has 0 radical (unpaired) electrons. The summed E-state index contributed by atoms with van der Waals surface area (Å²) in [5.74, 6) is -0.874. The average molecular weight is 388 g/mol. The molecular formula is C20H15Cl2NO3. The summed E-state index contributed by atoms with van der Waals surface area (Å²) < 4.78 is 4.88. The van der Waals surface area contributed by atoms with Crippen LogP contribution in [0.5, 0.6) is 0 Å². The van der Waals surface area contributed by atoms with E-state index in [1.165, 1.54) is 12.0 Å². The first-order valence-electron chi connectivity index (χ1n) is 7.80. The van der Waals surface area contributed by atoms with Gasteiger partial charge in [0.25, 0.3) is 5.91 Å². The quantitative estimate of drug-likeness (QED) is 0.557. The molecule has 1 amide bonds. The highest BCUT2D eigenvalue weighted by atomic mass is 35.5. The second-order valence-corrected chi connectivity index (χ2v) is 6.47. The van der Waals surface area contributed by atoms with E-state index in [0.29, 0.717) is 27.0 Å². The van der Waals surface area contributed by atoms with Crippen LogP contribution in [0.3, 0.4) is 0 Å². The molecule has 4 nitrogen and oxygen atoms in total. The van der Waals surface area contributed by atoms with Gasteiger partial charge in [0.2, 0.25) is 0 Å². The summed E-state index contributed by atoms with van der Waals surface area (Å²) in [5, 5.41) is 0.782. The molecule has 0 fully saturated rings. The van der Waals surface area contributed by atoms with Gasteiger partial charge in [0, 0.05) is 11.4 Å². The SMILES string of the molecule is COC(=O)C1=C(C)N(c2ccccc2)C(=O)/C1=C\c1ccc(Cl)c(Cl)c1. The first-order valence-corrected chi connectivity index (χ1v) is 8.55. The van der Waals surface area contributed by atoms with Crippen molar-refractivity contribution in [2.45, 2.75) is 6.92 Å². The Morgan fingerprint density at radius 1 is 1.08 bits per heavy atom. The molecule has 0 N–H and O–H groups in total. The average Bonchev–Trinajstić information content (AvgIpc) is 2.88. The number of carbonyl (C=O) groups excluding carboxylic acids is 2. The van der Waals surface area contributed by atoms with Crippen molar-refractivity contribution in [3.63, 3.8) is 0 Å². The lowest BCUT2D eigenvalue weighted by molar-refractivity contribution is -0.136. The van der Waals surface area contributed by atoms with E-state index in [-0.39, 0.29) is 17.1 Å². The molecule has 0 atom stereocenters. The van der Waals surface area contributed by atoms with Crippen molar-refractivity contribution in [2.75, 3.05) is 12.0 Å². The highest BCUT2D eigenvalue weighted by Gasteiger charge is 2.37. The number of anilines is 1. The first-order chi connectivity index (χ1) is 12.4. The fourth-order valence-electron chi connectivity index (χ4n) is 2.84. The maximum atomic E-state index is 13.1. The molecule has 1 aliphatic rings. The highest BCUT2D eigenvalue weighted by Crippen LogP contribution is 2.35. The van der Waals surface area contributed by atoms with Gasteiger partial charge in [0.15, 0.2) is 0 Å². The van der Waals surface area contributed by atoms with E-state index in [0.717, 1.165) is 0 Å². The number of para-hydroxylation sites is 1. The Bertz CT molecular complexity index is 949. The third-order valence-electron chi connectivity index (χ3n) is 4.06. The number of ether oxygens (including phenoxy) is 1. The second-order valence-electron chi connectivity index (χ2n) is 5.66. The topological polar surface area (TPSA) is 46.6 Å². The number of halogens is 2. The van der Waals surface area contributed by atoms with Gasteiger partial charge in [-0.2, -0.15) is 0 Å². The largest absolute Gasteiger partial charge is 0.465 e. The molecule has 0 spiro atoms. The molecule has 1 heterocycles. The van der Waals surface area contributed by atoms with Crippen molar-refractivity contribution in [2.24, 2.45) is 0 Å². The van der Waals surface area contributed by atoms with E-state index in [2.05, 4.69) is 0 Å². The van der Waals surface area contributed by atoms with Crippen LogP contribution in [0, 0.1) is 0 Å². The summed E-state index contributed by atoms with van der Waals surface area (Å²) in [6.07, 6.45) is 1.61. The van der Waals surface area contributed by atoms with Gasteiger partial charge in [0.05, 0.1) is 28.3 Å². The molecule has 6 heteroatoms. The van der Waals surface area contributed by atoms with Crippen molar-refractivity contribution in [1.29, 1.82) is 0 Å². The van der Waals surface area contributed by atoms with Gasteiger partial charge in [-0.15, -0.1) is 0 Å². The van der Waals surface area contributed by atoms with Crippen LogP contribution in [0.4, 0.5) is 5.69 Å². The lowest BCUT2D eigenvalue weighted by atomic mass is 10.0. The number of rotatable bonds is 3. The molecule has 132 valence electrons. The fourth-order valence-corrected chi connectivity index (χ4v) is 3.14. The van der Waals surface area contributed by atoms with Crippen LogP contribution in [-0.4, -0.2) is 19.0 Å². The van der Waals surface area contributed by atoms with E-state index in [4.69, 9.17) is 27.9 Å². The molecule has 1 aliphatic heterocycles. The van der Waals surface area contributed by atoms with Gasteiger partial charge in [-0.1, -0.05) is 47.5 Å². The van der Waals surface area contributed by atoms with Crippen LogP contribution in [0.2, 0.25) is 10.0 Å². The number of carbonyl (C=O) groups is 2. The second kappa shape index (κ2) is 7.36. The summed E-state index contributed by atoms with van der Waals surface area (Å²) in [6.45, 7) is 1.72. The van der Waals surface area contributed by atoms with E-state index in [9.17, 15) is 9.59 Å². The molecular weight excluding hydrogens is 373 g/mol. The minimum Gasteiger partial charge on any atom is -0.465 e. The Morgan fingerprint density at radius 2 is 1.77 bits per heavy atom. The van der Waals surface area contributed by atoms with Crippen LogP contribution < -0.4 is 4.90 Å². The predicted molar refractivity (Wildman–Crippen MR) is 103 cm³/mol. The van der Waals surface area contributed by atoms with E-state index in [1.807, 2.05) is 18.2 Å². The van der Waals surface area contributed by atoms with Gasteiger partial charge < -0.3 is 4.74 Å². The minimum atomic E-state index is -0.569. The molecule has 2 aromatic rings. The Hall–Kier alpha value is -2.56. The maximum absolute atomic E-state index is 13.1. The Kier molecular flexibility index (Phi) is 5.16. The summed E-state index contributed by atoms with van der Waals surface area (Å²) in [5.41, 5.74) is 2.32. The molecule has 0 saturated heterocycles. The van der Waals surface area contributed by atoms with Gasteiger partial charge in [0.1, 0.15) is 0 Å². The Balaban J connectivity index is 2.14. The number of esters is 1. The Morgan fingerprint density at radius 3 is 2.38 bits per heavy atom. The highest BCUT2D eigenvalue weighted by molar-refractivity contribution is 6.42. The first kappa shape index (κ1) is 18.2. The third kappa shape index (κ3) is 3.26. The normalized spacial score (nSPS) is 15.8. The molecule has 0 saturated carbocycles. The third-order valence-corrected chi connectivity index (χ3v) is 4.80. The number of allylic oxidation sites excluding steroid dienone is 1. The van der Waals surface area contributed by atoms with E-state index >= 15 is 0 Å². The predicted octanol–water partition coefficient (Wildman–Crippen LogP) is 4.87. The van der Waals surface area contributed by atoms with Gasteiger partial charge in [-0.05, 0) is 42.8 Å². The fraction of sp³-hybridized carbons (Fsp3) is 0.100. The lowest BCUT2D eigenvalue weighted by Gasteiger charge is -2.17. The maximum Gasteiger partial charge on any atom is 0.340 e. The van der Waals surface area contributed by atoms with Crippen LogP contribution >= 0.6 is 23.2 Å². The number of nitrogens with zero attached hydrogens (tertiary/aromatic N) is 1. The summed E-state index contributed by atoms with van der Waals surface area (Å²) >= 11 is 12.0.